The lowest BCUT2D eigenvalue weighted by Crippen LogP contribution is -2.49. The molecule has 0 saturated heterocycles. The summed E-state index contributed by atoms with van der Waals surface area (Å²) in [6.07, 6.45) is 0.922. The minimum Gasteiger partial charge on any atom is -0.368 e. The van der Waals surface area contributed by atoms with Crippen LogP contribution < -0.4 is 22.5 Å². The molecular weight excluding hydrogens is 454 g/mol. The summed E-state index contributed by atoms with van der Waals surface area (Å²) in [7, 11) is 0. The zero-order valence-corrected chi connectivity index (χ0v) is 20.2. The van der Waals surface area contributed by atoms with E-state index in [4.69, 9.17) is 17.2 Å². The third kappa shape index (κ3) is 7.16. The number of hydrogen-bond acceptors (Lipinski definition) is 4. The Hall–Kier alpha value is -4.17. The second-order valence-corrected chi connectivity index (χ2v) is 8.60. The van der Waals surface area contributed by atoms with Gasteiger partial charge in [0, 0.05) is 13.1 Å². The number of urea groups is 1. The van der Waals surface area contributed by atoms with Crippen LogP contribution in [0.4, 0.5) is 4.79 Å². The van der Waals surface area contributed by atoms with Crippen molar-refractivity contribution >= 4 is 17.8 Å². The summed E-state index contributed by atoms with van der Waals surface area (Å²) in [5, 5.41) is 2.55. The zero-order chi connectivity index (χ0) is 25.9. The van der Waals surface area contributed by atoms with Crippen molar-refractivity contribution in [3.05, 3.63) is 107 Å². The quantitative estimate of drug-likeness (QED) is 0.311. The summed E-state index contributed by atoms with van der Waals surface area (Å²) >= 11 is 0. The van der Waals surface area contributed by atoms with Crippen LogP contribution in [0.2, 0.25) is 0 Å². The summed E-state index contributed by atoms with van der Waals surface area (Å²) in [5.74, 6) is -1.39. The molecule has 0 saturated carbocycles. The molecule has 7 N–H and O–H groups in total. The molecule has 8 nitrogen and oxygen atoms in total. The molecule has 0 radical (unpaired) electrons. The topological polar surface area (TPSA) is 145 Å². The molecule has 0 aromatic heterocycles. The van der Waals surface area contributed by atoms with Crippen molar-refractivity contribution in [3.63, 3.8) is 0 Å². The average molecular weight is 488 g/mol. The maximum absolute atomic E-state index is 14.2. The molecule has 3 aromatic carbocycles. The summed E-state index contributed by atoms with van der Waals surface area (Å²) in [6.45, 7) is 0.869. The summed E-state index contributed by atoms with van der Waals surface area (Å²) in [6, 6.07) is 25.0. The number of nitrogens with one attached hydrogen (secondary N) is 1. The Morgan fingerprint density at radius 2 is 1.31 bits per heavy atom. The highest BCUT2D eigenvalue weighted by molar-refractivity contribution is 5.92. The number of benzene rings is 3. The predicted molar refractivity (Wildman–Crippen MR) is 139 cm³/mol. The molecule has 0 fully saturated rings. The van der Waals surface area contributed by atoms with Gasteiger partial charge in [-0.2, -0.15) is 0 Å². The van der Waals surface area contributed by atoms with Gasteiger partial charge in [-0.05, 0) is 41.6 Å². The number of amides is 4. The van der Waals surface area contributed by atoms with Crippen molar-refractivity contribution in [1.29, 1.82) is 0 Å². The Labute approximate surface area is 211 Å². The van der Waals surface area contributed by atoms with Gasteiger partial charge in [-0.25, -0.2) is 4.79 Å². The SMILES string of the molecule is NCCC[C@H](C(N)=O)N(Cc1ccc(CNC(N)=O)cc1)C(=O)C(c1ccccc1)c1ccccc1. The Morgan fingerprint density at radius 1 is 0.778 bits per heavy atom. The Balaban J connectivity index is 1.99. The lowest BCUT2D eigenvalue weighted by Gasteiger charge is -2.33. The monoisotopic (exact) mass is 487 g/mol. The van der Waals surface area contributed by atoms with Crippen LogP contribution in [-0.4, -0.2) is 35.3 Å². The van der Waals surface area contributed by atoms with E-state index in [9.17, 15) is 14.4 Å². The van der Waals surface area contributed by atoms with Crippen LogP contribution in [0.15, 0.2) is 84.9 Å². The van der Waals surface area contributed by atoms with Gasteiger partial charge < -0.3 is 27.4 Å². The number of nitrogens with zero attached hydrogens (tertiary/aromatic N) is 1. The van der Waals surface area contributed by atoms with E-state index in [1.54, 1.807) is 4.90 Å². The summed E-state index contributed by atoms with van der Waals surface area (Å²) in [5.41, 5.74) is 20.0. The Kier molecular flexibility index (Phi) is 9.59. The van der Waals surface area contributed by atoms with Crippen LogP contribution in [0.25, 0.3) is 0 Å². The number of rotatable bonds is 12. The normalized spacial score (nSPS) is 11.6. The van der Waals surface area contributed by atoms with Crippen molar-refractivity contribution in [3.8, 4) is 0 Å². The molecule has 0 heterocycles. The summed E-state index contributed by atoms with van der Waals surface area (Å²) < 4.78 is 0. The molecule has 4 amide bonds. The van der Waals surface area contributed by atoms with Gasteiger partial charge in [0.05, 0.1) is 5.92 Å². The molecule has 0 unspecified atom stereocenters. The molecule has 3 rings (SSSR count). The van der Waals surface area contributed by atoms with Gasteiger partial charge in [0.2, 0.25) is 11.8 Å². The van der Waals surface area contributed by atoms with E-state index in [1.807, 2.05) is 84.9 Å². The van der Waals surface area contributed by atoms with Gasteiger partial charge in [0.1, 0.15) is 6.04 Å². The number of carbonyl (C=O) groups is 3. The molecule has 0 spiro atoms. The van der Waals surface area contributed by atoms with E-state index in [0.717, 1.165) is 22.3 Å². The molecule has 0 aliphatic carbocycles. The van der Waals surface area contributed by atoms with Gasteiger partial charge in [-0.1, -0.05) is 84.9 Å². The first-order valence-corrected chi connectivity index (χ1v) is 11.9. The molecule has 3 aromatic rings. The van der Waals surface area contributed by atoms with Crippen LogP contribution in [0.5, 0.6) is 0 Å². The highest BCUT2D eigenvalue weighted by Crippen LogP contribution is 2.29. The van der Waals surface area contributed by atoms with E-state index in [1.165, 1.54) is 0 Å². The van der Waals surface area contributed by atoms with Crippen molar-refractivity contribution in [2.75, 3.05) is 6.54 Å². The molecule has 0 aliphatic heterocycles. The first-order chi connectivity index (χ1) is 17.4. The Morgan fingerprint density at radius 3 is 1.78 bits per heavy atom. The molecule has 1 atom stereocenters. The largest absolute Gasteiger partial charge is 0.368 e. The highest BCUT2D eigenvalue weighted by atomic mass is 16.2. The van der Waals surface area contributed by atoms with Gasteiger partial charge in [-0.15, -0.1) is 0 Å². The van der Waals surface area contributed by atoms with E-state index < -0.39 is 23.9 Å². The smallest absolute Gasteiger partial charge is 0.312 e. The van der Waals surface area contributed by atoms with E-state index in [-0.39, 0.29) is 12.5 Å². The van der Waals surface area contributed by atoms with Gasteiger partial charge in [-0.3, -0.25) is 9.59 Å². The van der Waals surface area contributed by atoms with Crippen molar-refractivity contribution in [2.45, 2.75) is 37.9 Å². The molecule has 188 valence electrons. The second-order valence-electron chi connectivity index (χ2n) is 8.60. The number of primary amides is 2. The number of hydrogen-bond donors (Lipinski definition) is 4. The van der Waals surface area contributed by atoms with E-state index in [0.29, 0.717) is 25.9 Å². The van der Waals surface area contributed by atoms with Crippen LogP contribution in [0, 0.1) is 0 Å². The maximum atomic E-state index is 14.2. The first kappa shape index (κ1) is 26.4. The van der Waals surface area contributed by atoms with Crippen LogP contribution >= 0.6 is 0 Å². The molecule has 0 aliphatic rings. The van der Waals surface area contributed by atoms with E-state index >= 15 is 0 Å². The lowest BCUT2D eigenvalue weighted by molar-refractivity contribution is -0.141. The number of carbonyl (C=O) groups excluding carboxylic acids is 3. The fourth-order valence-electron chi connectivity index (χ4n) is 4.19. The third-order valence-corrected chi connectivity index (χ3v) is 6.02. The molecule has 0 bridgehead atoms. The van der Waals surface area contributed by atoms with E-state index in [2.05, 4.69) is 5.32 Å². The van der Waals surface area contributed by atoms with Crippen LogP contribution in [-0.2, 0) is 22.7 Å². The van der Waals surface area contributed by atoms with Crippen LogP contribution in [0.1, 0.15) is 41.0 Å². The fourth-order valence-corrected chi connectivity index (χ4v) is 4.19. The van der Waals surface area contributed by atoms with Gasteiger partial charge >= 0.3 is 6.03 Å². The molecule has 8 heteroatoms. The second kappa shape index (κ2) is 13.1. The predicted octanol–water partition coefficient (Wildman–Crippen LogP) is 2.61. The minimum absolute atomic E-state index is 0.191. The van der Waals surface area contributed by atoms with Crippen molar-refractivity contribution < 1.29 is 14.4 Å². The summed E-state index contributed by atoms with van der Waals surface area (Å²) in [4.78, 5) is 39.4. The highest BCUT2D eigenvalue weighted by Gasteiger charge is 2.34. The molecular formula is C28H33N5O3. The Bertz CT molecular complexity index is 1100. The van der Waals surface area contributed by atoms with Crippen LogP contribution in [0.3, 0.4) is 0 Å². The van der Waals surface area contributed by atoms with Gasteiger partial charge in [0.25, 0.3) is 0 Å². The maximum Gasteiger partial charge on any atom is 0.312 e. The van der Waals surface area contributed by atoms with Crippen molar-refractivity contribution in [2.24, 2.45) is 17.2 Å². The zero-order valence-electron chi connectivity index (χ0n) is 20.2. The standard InChI is InChI=1S/C28H33N5O3/c29-17-7-12-24(26(30)34)33(19-21-15-13-20(14-16-21)18-32-28(31)36)27(35)25(22-8-3-1-4-9-22)23-10-5-2-6-11-23/h1-6,8-11,13-16,24-25H,7,12,17-19,29H2,(H2,30,34)(H3,31,32,36)/t24-/m1/s1. The first-order valence-electron chi connectivity index (χ1n) is 11.9. The molecule has 36 heavy (non-hydrogen) atoms. The number of nitrogens with two attached hydrogens (primary N) is 3. The lowest BCUT2D eigenvalue weighted by atomic mass is 9.89. The average Bonchev–Trinajstić information content (AvgIpc) is 2.89. The third-order valence-electron chi connectivity index (χ3n) is 6.02. The van der Waals surface area contributed by atoms with Gasteiger partial charge in [0.15, 0.2) is 0 Å². The van der Waals surface area contributed by atoms with Crippen molar-refractivity contribution in [1.82, 2.24) is 10.2 Å². The fraction of sp³-hybridized carbons (Fsp3) is 0.250. The minimum atomic E-state index is -0.813.